The van der Waals surface area contributed by atoms with Gasteiger partial charge in [-0.15, -0.1) is 0 Å². The highest BCUT2D eigenvalue weighted by Gasteiger charge is 2.18. The van der Waals surface area contributed by atoms with Gasteiger partial charge in [0.1, 0.15) is 0 Å². The van der Waals surface area contributed by atoms with Crippen LogP contribution in [0.2, 0.25) is 0 Å². The lowest BCUT2D eigenvalue weighted by Gasteiger charge is -2.11. The summed E-state index contributed by atoms with van der Waals surface area (Å²) in [5, 5.41) is 5.20. The van der Waals surface area contributed by atoms with E-state index in [1.807, 2.05) is 6.07 Å². The van der Waals surface area contributed by atoms with Crippen molar-refractivity contribution >= 4 is 49.1 Å². The monoisotopic (exact) mass is 487 g/mol. The number of para-hydroxylation sites is 1. The summed E-state index contributed by atoms with van der Waals surface area (Å²) in [4.78, 5) is 24.3. The quantitative estimate of drug-likeness (QED) is 0.490. The molecule has 0 radical (unpaired) electrons. The average Bonchev–Trinajstić information content (AvgIpc) is 2.73. The van der Waals surface area contributed by atoms with Gasteiger partial charge in [0.05, 0.1) is 10.6 Å². The highest BCUT2D eigenvalue weighted by atomic mass is 79.9. The van der Waals surface area contributed by atoms with Gasteiger partial charge in [-0.1, -0.05) is 40.2 Å². The Kier molecular flexibility index (Phi) is 6.53. The van der Waals surface area contributed by atoms with E-state index >= 15 is 0 Å². The third-order valence-corrected chi connectivity index (χ3v) is 5.91. The molecule has 0 saturated heterocycles. The van der Waals surface area contributed by atoms with Gasteiger partial charge in [0.25, 0.3) is 21.8 Å². The fraction of sp³-hybridized carbons (Fsp3) is 0.0476. The van der Waals surface area contributed by atoms with Crippen LogP contribution in [0.5, 0.6) is 0 Å². The minimum absolute atomic E-state index is 0.0790. The van der Waals surface area contributed by atoms with Gasteiger partial charge in [-0.25, -0.2) is 8.42 Å². The van der Waals surface area contributed by atoms with Crippen LogP contribution in [0.4, 0.5) is 11.4 Å². The van der Waals surface area contributed by atoms with E-state index in [0.717, 1.165) is 0 Å². The molecule has 2 amide bonds. The molecule has 7 nitrogen and oxygen atoms in total. The van der Waals surface area contributed by atoms with Crippen LogP contribution >= 0.6 is 15.9 Å². The molecule has 0 fully saturated rings. The van der Waals surface area contributed by atoms with Gasteiger partial charge >= 0.3 is 0 Å². The number of rotatable bonds is 6. The van der Waals surface area contributed by atoms with E-state index < -0.39 is 15.9 Å². The lowest BCUT2D eigenvalue weighted by molar-refractivity contribution is 0.0962. The smallest absolute Gasteiger partial charge is 0.261 e. The molecule has 30 heavy (non-hydrogen) atoms. The number of amides is 2. The van der Waals surface area contributed by atoms with Crippen molar-refractivity contribution in [3.05, 3.63) is 88.4 Å². The van der Waals surface area contributed by atoms with Gasteiger partial charge in [-0.05, 0) is 48.5 Å². The summed E-state index contributed by atoms with van der Waals surface area (Å²) >= 11 is 3.27. The molecule has 0 saturated carbocycles. The molecule has 0 aliphatic carbocycles. The number of anilines is 2. The number of carbonyl (C=O) groups excluding carboxylic acids is 2. The first-order valence-corrected chi connectivity index (χ1v) is 11.1. The van der Waals surface area contributed by atoms with E-state index in [1.54, 1.807) is 30.3 Å². The van der Waals surface area contributed by atoms with E-state index in [4.69, 9.17) is 0 Å². The van der Waals surface area contributed by atoms with E-state index in [2.05, 4.69) is 31.3 Å². The zero-order valence-corrected chi connectivity index (χ0v) is 18.2. The fourth-order valence-electron chi connectivity index (χ4n) is 2.67. The van der Waals surface area contributed by atoms with Crippen molar-refractivity contribution in [3.8, 4) is 0 Å². The SMILES string of the molecule is CNC(=O)c1cc(Br)cc(NS(=O)(=O)c2cccc(C(=O)Nc3ccccc3)c2)c1. The first kappa shape index (κ1) is 21.5. The van der Waals surface area contributed by atoms with Crippen molar-refractivity contribution in [2.24, 2.45) is 0 Å². The minimum atomic E-state index is -3.99. The van der Waals surface area contributed by atoms with Crippen LogP contribution in [0, 0.1) is 0 Å². The molecule has 3 N–H and O–H groups in total. The number of hydrogen-bond donors (Lipinski definition) is 3. The molecule has 9 heteroatoms. The molecular formula is C21H18BrN3O4S. The van der Waals surface area contributed by atoms with Crippen LogP contribution in [-0.2, 0) is 10.0 Å². The Bertz CT molecular complexity index is 1200. The second-order valence-electron chi connectivity index (χ2n) is 6.26. The Hall–Kier alpha value is -3.17. The Morgan fingerprint density at radius 2 is 1.53 bits per heavy atom. The van der Waals surface area contributed by atoms with Gasteiger partial charge in [0, 0.05) is 28.3 Å². The van der Waals surface area contributed by atoms with Crippen LogP contribution in [0.15, 0.2) is 82.2 Å². The van der Waals surface area contributed by atoms with Gasteiger partial charge in [-0.2, -0.15) is 0 Å². The van der Waals surface area contributed by atoms with Gasteiger partial charge < -0.3 is 10.6 Å². The summed E-state index contributed by atoms with van der Waals surface area (Å²) < 4.78 is 28.7. The number of hydrogen-bond acceptors (Lipinski definition) is 4. The van der Waals surface area contributed by atoms with Gasteiger partial charge in [0.2, 0.25) is 0 Å². The Morgan fingerprint density at radius 1 is 0.800 bits per heavy atom. The molecule has 0 heterocycles. The highest BCUT2D eigenvalue weighted by Crippen LogP contribution is 2.23. The predicted octanol–water partition coefficient (Wildman–Crippen LogP) is 3.86. The van der Waals surface area contributed by atoms with E-state index in [9.17, 15) is 18.0 Å². The summed E-state index contributed by atoms with van der Waals surface area (Å²) in [6.07, 6.45) is 0. The third kappa shape index (κ3) is 5.25. The zero-order valence-electron chi connectivity index (χ0n) is 15.8. The van der Waals surface area contributed by atoms with E-state index in [-0.39, 0.29) is 22.1 Å². The van der Waals surface area contributed by atoms with E-state index in [1.165, 1.54) is 43.4 Å². The molecule has 0 atom stereocenters. The normalized spacial score (nSPS) is 10.9. The second-order valence-corrected chi connectivity index (χ2v) is 8.86. The Labute approximate surface area is 182 Å². The summed E-state index contributed by atoms with van der Waals surface area (Å²) in [5.41, 5.74) is 1.30. The van der Waals surface area contributed by atoms with Crippen molar-refractivity contribution in [3.63, 3.8) is 0 Å². The largest absolute Gasteiger partial charge is 0.355 e. The molecule has 3 rings (SSSR count). The molecule has 154 valence electrons. The van der Waals surface area contributed by atoms with Crippen LogP contribution < -0.4 is 15.4 Å². The standard InChI is InChI=1S/C21H18BrN3O4S/c1-23-20(26)15-10-16(22)13-18(11-15)25-30(28,29)19-9-5-6-14(12-19)21(27)24-17-7-3-2-4-8-17/h2-13,25H,1H3,(H,23,26)(H,24,27). The maximum absolute atomic E-state index is 12.8. The molecule has 3 aromatic rings. The van der Waals surface area contributed by atoms with Crippen molar-refractivity contribution in [2.75, 3.05) is 17.1 Å². The number of nitrogens with one attached hydrogen (secondary N) is 3. The number of halogens is 1. The van der Waals surface area contributed by atoms with Gasteiger partial charge in [-0.3, -0.25) is 14.3 Å². The number of sulfonamides is 1. The molecule has 0 unspecified atom stereocenters. The van der Waals surface area contributed by atoms with Gasteiger partial charge in [0.15, 0.2) is 0 Å². The van der Waals surface area contributed by atoms with Crippen molar-refractivity contribution in [2.45, 2.75) is 4.90 Å². The van der Waals surface area contributed by atoms with Crippen molar-refractivity contribution in [1.82, 2.24) is 5.32 Å². The molecule has 0 bridgehead atoms. The summed E-state index contributed by atoms with van der Waals surface area (Å²) in [6.45, 7) is 0. The Balaban J connectivity index is 1.85. The summed E-state index contributed by atoms with van der Waals surface area (Å²) in [7, 11) is -2.51. The predicted molar refractivity (Wildman–Crippen MR) is 119 cm³/mol. The summed E-state index contributed by atoms with van der Waals surface area (Å²) in [5.74, 6) is -0.779. The van der Waals surface area contributed by atoms with Crippen molar-refractivity contribution in [1.29, 1.82) is 0 Å². The summed E-state index contributed by atoms with van der Waals surface area (Å²) in [6, 6.07) is 19.1. The number of benzene rings is 3. The maximum atomic E-state index is 12.8. The zero-order chi connectivity index (χ0) is 21.7. The van der Waals surface area contributed by atoms with E-state index in [0.29, 0.717) is 15.7 Å². The Morgan fingerprint density at radius 3 is 2.23 bits per heavy atom. The van der Waals surface area contributed by atoms with Crippen LogP contribution in [0.3, 0.4) is 0 Å². The lowest BCUT2D eigenvalue weighted by atomic mass is 10.2. The highest BCUT2D eigenvalue weighted by molar-refractivity contribution is 9.10. The second kappa shape index (κ2) is 9.10. The van der Waals surface area contributed by atoms with Crippen LogP contribution in [0.25, 0.3) is 0 Å². The molecule has 0 aromatic heterocycles. The van der Waals surface area contributed by atoms with Crippen LogP contribution in [-0.4, -0.2) is 27.3 Å². The number of carbonyl (C=O) groups is 2. The first-order valence-electron chi connectivity index (χ1n) is 8.80. The first-order chi connectivity index (χ1) is 14.3. The maximum Gasteiger partial charge on any atom is 0.261 e. The topological polar surface area (TPSA) is 104 Å². The fourth-order valence-corrected chi connectivity index (χ4v) is 4.25. The molecule has 3 aromatic carbocycles. The molecule has 0 spiro atoms. The third-order valence-electron chi connectivity index (χ3n) is 4.08. The lowest BCUT2D eigenvalue weighted by Crippen LogP contribution is -2.19. The molecule has 0 aliphatic rings. The molecular weight excluding hydrogens is 470 g/mol. The van der Waals surface area contributed by atoms with Crippen molar-refractivity contribution < 1.29 is 18.0 Å². The average molecular weight is 488 g/mol. The van der Waals surface area contributed by atoms with Crippen LogP contribution in [0.1, 0.15) is 20.7 Å². The minimum Gasteiger partial charge on any atom is -0.355 e. The molecule has 0 aliphatic heterocycles.